The molecular weight excluding hydrogens is 671 g/mol. The van der Waals surface area contributed by atoms with Crippen LogP contribution < -0.4 is 4.90 Å². The summed E-state index contributed by atoms with van der Waals surface area (Å²) in [5.41, 5.74) is 10.1. The Morgan fingerprint density at radius 3 is 1.87 bits per heavy atom. The van der Waals surface area contributed by atoms with Crippen molar-refractivity contribution < 1.29 is 4.42 Å². The van der Waals surface area contributed by atoms with Gasteiger partial charge in [-0.25, -0.2) is 0 Å². The molecule has 0 atom stereocenters. The molecule has 11 aromatic rings. The van der Waals surface area contributed by atoms with Gasteiger partial charge in [-0.1, -0.05) is 121 Å². The van der Waals surface area contributed by atoms with Crippen molar-refractivity contribution in [3.63, 3.8) is 0 Å². The van der Waals surface area contributed by atoms with E-state index >= 15 is 0 Å². The molecule has 3 aromatic heterocycles. The van der Waals surface area contributed by atoms with E-state index in [0.29, 0.717) is 0 Å². The van der Waals surface area contributed by atoms with Crippen molar-refractivity contribution in [3.05, 3.63) is 176 Å². The van der Waals surface area contributed by atoms with Crippen LogP contribution in [-0.4, -0.2) is 0 Å². The first-order valence-corrected chi connectivity index (χ1v) is 19.1. The topological polar surface area (TPSA) is 16.4 Å². The number of fused-ring (bicyclic) bond motifs is 9. The SMILES string of the molecule is c1ccc(-c2ccc3sc4ccc(N(c5cccc6c5sc5c(-c7ccccc7)cccc56)c5cccc6oc7ccccc7c56)cc4c3c2)cc1. The van der Waals surface area contributed by atoms with E-state index < -0.39 is 0 Å². The second-order valence-electron chi connectivity index (χ2n) is 13.2. The van der Waals surface area contributed by atoms with Gasteiger partial charge in [-0.05, 0) is 76.9 Å². The summed E-state index contributed by atoms with van der Waals surface area (Å²) in [6.45, 7) is 0. The molecule has 0 saturated carbocycles. The molecule has 244 valence electrons. The summed E-state index contributed by atoms with van der Waals surface area (Å²) in [5, 5.41) is 7.31. The fraction of sp³-hybridized carbons (Fsp3) is 0. The molecule has 0 unspecified atom stereocenters. The van der Waals surface area contributed by atoms with Crippen LogP contribution in [-0.2, 0) is 0 Å². The zero-order valence-corrected chi connectivity index (χ0v) is 29.5. The molecule has 0 fully saturated rings. The summed E-state index contributed by atoms with van der Waals surface area (Å²) in [4.78, 5) is 2.47. The number of anilines is 3. The Balaban J connectivity index is 1.20. The number of hydrogen-bond acceptors (Lipinski definition) is 4. The van der Waals surface area contributed by atoms with E-state index in [-0.39, 0.29) is 0 Å². The third-order valence-corrected chi connectivity index (χ3v) is 12.7. The van der Waals surface area contributed by atoms with E-state index in [1.54, 1.807) is 0 Å². The van der Waals surface area contributed by atoms with Crippen LogP contribution in [0.4, 0.5) is 17.1 Å². The fourth-order valence-corrected chi connectivity index (χ4v) is 10.3. The van der Waals surface area contributed by atoms with E-state index in [4.69, 9.17) is 4.42 Å². The van der Waals surface area contributed by atoms with Gasteiger partial charge in [-0.2, -0.15) is 0 Å². The Hall–Kier alpha value is -6.20. The van der Waals surface area contributed by atoms with Gasteiger partial charge < -0.3 is 9.32 Å². The number of para-hydroxylation sites is 1. The van der Waals surface area contributed by atoms with Gasteiger partial charge in [0.25, 0.3) is 0 Å². The van der Waals surface area contributed by atoms with Gasteiger partial charge >= 0.3 is 0 Å². The highest BCUT2D eigenvalue weighted by Crippen LogP contribution is 2.50. The minimum absolute atomic E-state index is 0.883. The van der Waals surface area contributed by atoms with Crippen LogP contribution in [0.2, 0.25) is 0 Å². The first-order valence-electron chi connectivity index (χ1n) is 17.5. The van der Waals surface area contributed by atoms with Crippen LogP contribution in [0.3, 0.4) is 0 Å². The predicted octanol–water partition coefficient (Wildman–Crippen LogP) is 15.1. The van der Waals surface area contributed by atoms with Gasteiger partial charge in [-0.15, -0.1) is 22.7 Å². The molecule has 0 aliphatic carbocycles. The van der Waals surface area contributed by atoms with Gasteiger partial charge in [0.2, 0.25) is 0 Å². The summed E-state index contributed by atoms with van der Waals surface area (Å²) in [5.74, 6) is 0. The molecule has 0 aliphatic rings. The Morgan fingerprint density at radius 2 is 1.02 bits per heavy atom. The molecule has 0 saturated heterocycles. The maximum absolute atomic E-state index is 6.46. The first-order chi connectivity index (χ1) is 25.8. The normalized spacial score (nSPS) is 11.8. The zero-order valence-electron chi connectivity index (χ0n) is 27.9. The summed E-state index contributed by atoms with van der Waals surface area (Å²) < 4.78 is 11.6. The van der Waals surface area contributed by atoms with Crippen molar-refractivity contribution in [1.29, 1.82) is 0 Å². The monoisotopic (exact) mass is 699 g/mol. The molecule has 0 N–H and O–H groups in total. The summed E-state index contributed by atoms with van der Waals surface area (Å²) in [6, 6.07) is 63.6. The van der Waals surface area contributed by atoms with Crippen molar-refractivity contribution >= 4 is 102 Å². The van der Waals surface area contributed by atoms with Crippen LogP contribution in [0, 0.1) is 0 Å². The van der Waals surface area contributed by atoms with Gasteiger partial charge in [-0.3, -0.25) is 0 Å². The maximum atomic E-state index is 6.46. The quantitative estimate of drug-likeness (QED) is 0.178. The lowest BCUT2D eigenvalue weighted by molar-refractivity contribution is 0.669. The molecule has 4 heteroatoms. The molecule has 11 rings (SSSR count). The molecule has 2 nitrogen and oxygen atoms in total. The molecule has 0 spiro atoms. The van der Waals surface area contributed by atoms with E-state index in [1.807, 2.05) is 28.7 Å². The van der Waals surface area contributed by atoms with Crippen molar-refractivity contribution in [3.8, 4) is 22.3 Å². The minimum atomic E-state index is 0.883. The molecule has 0 aliphatic heterocycles. The lowest BCUT2D eigenvalue weighted by Gasteiger charge is -2.27. The van der Waals surface area contributed by atoms with Gasteiger partial charge in [0.1, 0.15) is 11.2 Å². The van der Waals surface area contributed by atoms with E-state index in [2.05, 4.69) is 175 Å². The van der Waals surface area contributed by atoms with Crippen LogP contribution >= 0.6 is 22.7 Å². The number of rotatable bonds is 5. The number of thiophene rings is 2. The Bertz CT molecular complexity index is 3130. The second-order valence-corrected chi connectivity index (χ2v) is 15.4. The highest BCUT2D eigenvalue weighted by Gasteiger charge is 2.23. The van der Waals surface area contributed by atoms with E-state index in [1.165, 1.54) is 62.6 Å². The Morgan fingerprint density at radius 1 is 0.385 bits per heavy atom. The van der Waals surface area contributed by atoms with Crippen molar-refractivity contribution in [1.82, 2.24) is 0 Å². The lowest BCUT2D eigenvalue weighted by atomic mass is 10.0. The van der Waals surface area contributed by atoms with Crippen molar-refractivity contribution in [2.75, 3.05) is 4.90 Å². The van der Waals surface area contributed by atoms with Gasteiger partial charge in [0.15, 0.2) is 0 Å². The molecule has 0 amide bonds. The number of furan rings is 1. The smallest absolute Gasteiger partial charge is 0.137 e. The summed E-state index contributed by atoms with van der Waals surface area (Å²) >= 11 is 3.74. The third kappa shape index (κ3) is 4.55. The minimum Gasteiger partial charge on any atom is -0.456 e. The molecular formula is C48H29NOS2. The average molecular weight is 700 g/mol. The zero-order chi connectivity index (χ0) is 34.2. The van der Waals surface area contributed by atoms with Crippen molar-refractivity contribution in [2.45, 2.75) is 0 Å². The lowest BCUT2D eigenvalue weighted by Crippen LogP contribution is -2.10. The van der Waals surface area contributed by atoms with Crippen molar-refractivity contribution in [2.24, 2.45) is 0 Å². The summed E-state index contributed by atoms with van der Waals surface area (Å²) in [6.07, 6.45) is 0. The predicted molar refractivity (Wildman–Crippen MR) is 225 cm³/mol. The molecule has 0 radical (unpaired) electrons. The fourth-order valence-electron chi connectivity index (χ4n) is 7.89. The van der Waals surface area contributed by atoms with Crippen LogP contribution in [0.15, 0.2) is 180 Å². The van der Waals surface area contributed by atoms with Gasteiger partial charge in [0.05, 0.1) is 21.5 Å². The van der Waals surface area contributed by atoms with Gasteiger partial charge in [0, 0.05) is 46.7 Å². The standard InChI is InChI=1S/C48H29NOS2/c1-3-12-30(13-4-1)32-24-26-44-38(28-32)39-29-33(25-27-45(39)51-44)49(40-20-11-23-43-46(40)37-16-7-8-22-42(37)50-43)41-21-10-19-36-35-18-9-17-34(47(35)52-48(36)41)31-14-5-2-6-15-31/h1-29H. The average Bonchev–Trinajstić information content (AvgIpc) is 3.90. The molecule has 0 bridgehead atoms. The first kappa shape index (κ1) is 29.5. The Kier molecular flexibility index (Phi) is 6.63. The highest BCUT2D eigenvalue weighted by atomic mass is 32.1. The molecule has 8 aromatic carbocycles. The van der Waals surface area contributed by atoms with E-state index in [9.17, 15) is 0 Å². The molecule has 3 heterocycles. The number of benzene rings is 8. The second kappa shape index (κ2) is 11.7. The van der Waals surface area contributed by atoms with Crippen LogP contribution in [0.1, 0.15) is 0 Å². The molecule has 52 heavy (non-hydrogen) atoms. The largest absolute Gasteiger partial charge is 0.456 e. The van der Waals surface area contributed by atoms with Crippen LogP contribution in [0.25, 0.3) is 84.5 Å². The maximum Gasteiger partial charge on any atom is 0.137 e. The third-order valence-electron chi connectivity index (χ3n) is 10.3. The highest BCUT2D eigenvalue weighted by molar-refractivity contribution is 7.27. The summed E-state index contributed by atoms with van der Waals surface area (Å²) in [7, 11) is 0. The number of hydrogen-bond donors (Lipinski definition) is 0. The van der Waals surface area contributed by atoms with E-state index in [0.717, 1.165) is 39.0 Å². The number of nitrogens with zero attached hydrogens (tertiary/aromatic N) is 1. The Labute approximate surface area is 308 Å². The van der Waals surface area contributed by atoms with Crippen LogP contribution in [0.5, 0.6) is 0 Å².